The SMILES string of the molecule is Cc1ccc(-c2noc([C@@H](N)[C@@H](C)O)n2)cc1Br. The van der Waals surface area contributed by atoms with Crippen LogP contribution in [-0.4, -0.2) is 21.4 Å². The summed E-state index contributed by atoms with van der Waals surface area (Å²) in [6.45, 7) is 3.58. The van der Waals surface area contributed by atoms with E-state index in [9.17, 15) is 5.11 Å². The van der Waals surface area contributed by atoms with Gasteiger partial charge in [0.05, 0.1) is 6.10 Å². The van der Waals surface area contributed by atoms with E-state index in [1.54, 1.807) is 6.92 Å². The molecule has 1 aromatic heterocycles. The van der Waals surface area contributed by atoms with E-state index in [0.717, 1.165) is 15.6 Å². The van der Waals surface area contributed by atoms with Gasteiger partial charge in [-0.25, -0.2) is 0 Å². The Morgan fingerprint density at radius 2 is 2.17 bits per heavy atom. The smallest absolute Gasteiger partial charge is 0.246 e. The Bertz CT molecular complexity index is 554. The number of benzene rings is 1. The summed E-state index contributed by atoms with van der Waals surface area (Å²) in [4.78, 5) is 4.19. The molecule has 18 heavy (non-hydrogen) atoms. The maximum atomic E-state index is 9.37. The molecular formula is C12H14BrN3O2. The van der Waals surface area contributed by atoms with Gasteiger partial charge < -0.3 is 15.4 Å². The van der Waals surface area contributed by atoms with Crippen molar-refractivity contribution in [2.24, 2.45) is 5.73 Å². The lowest BCUT2D eigenvalue weighted by Crippen LogP contribution is -2.23. The molecule has 0 aliphatic rings. The summed E-state index contributed by atoms with van der Waals surface area (Å²) < 4.78 is 6.03. The number of nitrogens with zero attached hydrogens (tertiary/aromatic N) is 2. The molecule has 2 atom stereocenters. The van der Waals surface area contributed by atoms with Gasteiger partial charge >= 0.3 is 0 Å². The Morgan fingerprint density at radius 3 is 2.78 bits per heavy atom. The lowest BCUT2D eigenvalue weighted by molar-refractivity contribution is 0.146. The van der Waals surface area contributed by atoms with Crippen molar-refractivity contribution < 1.29 is 9.63 Å². The highest BCUT2D eigenvalue weighted by molar-refractivity contribution is 9.10. The van der Waals surface area contributed by atoms with Crippen LogP contribution >= 0.6 is 15.9 Å². The van der Waals surface area contributed by atoms with Gasteiger partial charge in [-0.3, -0.25) is 0 Å². The van der Waals surface area contributed by atoms with Crippen molar-refractivity contribution in [3.05, 3.63) is 34.1 Å². The Morgan fingerprint density at radius 1 is 1.44 bits per heavy atom. The molecule has 0 saturated carbocycles. The first-order valence-corrected chi connectivity index (χ1v) is 6.32. The number of aryl methyl sites for hydroxylation is 1. The fraction of sp³-hybridized carbons (Fsp3) is 0.333. The molecule has 96 valence electrons. The highest BCUT2D eigenvalue weighted by Crippen LogP contribution is 2.24. The summed E-state index contributed by atoms with van der Waals surface area (Å²) in [6, 6.07) is 5.12. The van der Waals surface area contributed by atoms with Gasteiger partial charge in [-0.15, -0.1) is 0 Å². The van der Waals surface area contributed by atoms with Crippen LogP contribution in [-0.2, 0) is 0 Å². The van der Waals surface area contributed by atoms with Crippen LogP contribution in [0.25, 0.3) is 11.4 Å². The first-order valence-electron chi connectivity index (χ1n) is 5.53. The van der Waals surface area contributed by atoms with E-state index >= 15 is 0 Å². The van der Waals surface area contributed by atoms with Crippen molar-refractivity contribution in [2.75, 3.05) is 0 Å². The minimum Gasteiger partial charge on any atom is -0.391 e. The van der Waals surface area contributed by atoms with Crippen molar-refractivity contribution in [1.82, 2.24) is 10.1 Å². The zero-order chi connectivity index (χ0) is 13.3. The van der Waals surface area contributed by atoms with Crippen molar-refractivity contribution in [3.63, 3.8) is 0 Å². The van der Waals surface area contributed by atoms with E-state index in [2.05, 4.69) is 26.1 Å². The van der Waals surface area contributed by atoms with Gasteiger partial charge in [0.1, 0.15) is 6.04 Å². The van der Waals surface area contributed by atoms with E-state index in [4.69, 9.17) is 10.3 Å². The molecule has 6 heteroatoms. The lowest BCUT2D eigenvalue weighted by atomic mass is 10.1. The van der Waals surface area contributed by atoms with Gasteiger partial charge in [-0.1, -0.05) is 33.2 Å². The summed E-state index contributed by atoms with van der Waals surface area (Å²) >= 11 is 3.45. The number of aliphatic hydroxyl groups excluding tert-OH is 1. The highest BCUT2D eigenvalue weighted by atomic mass is 79.9. The second kappa shape index (κ2) is 5.17. The number of aromatic nitrogens is 2. The molecule has 0 saturated heterocycles. The zero-order valence-electron chi connectivity index (χ0n) is 10.1. The van der Waals surface area contributed by atoms with E-state index in [1.165, 1.54) is 0 Å². The Hall–Kier alpha value is -1.24. The van der Waals surface area contributed by atoms with Crippen LogP contribution < -0.4 is 5.73 Å². The third-order valence-corrected chi connectivity index (χ3v) is 3.53. The van der Waals surface area contributed by atoms with Crippen LogP contribution in [0, 0.1) is 6.92 Å². The highest BCUT2D eigenvalue weighted by Gasteiger charge is 2.20. The molecule has 0 spiro atoms. The van der Waals surface area contributed by atoms with Gasteiger partial charge in [-0.2, -0.15) is 4.98 Å². The third kappa shape index (κ3) is 2.60. The van der Waals surface area contributed by atoms with Crippen LogP contribution in [0.15, 0.2) is 27.2 Å². The number of hydrogen-bond donors (Lipinski definition) is 2. The summed E-state index contributed by atoms with van der Waals surface area (Å²) in [5.41, 5.74) is 7.69. The van der Waals surface area contributed by atoms with Gasteiger partial charge in [0.2, 0.25) is 11.7 Å². The van der Waals surface area contributed by atoms with Crippen LogP contribution in [0.5, 0.6) is 0 Å². The molecule has 0 amide bonds. The first kappa shape index (κ1) is 13.2. The molecule has 0 aliphatic carbocycles. The van der Waals surface area contributed by atoms with Crippen LogP contribution in [0.1, 0.15) is 24.4 Å². The van der Waals surface area contributed by atoms with Gasteiger partial charge in [-0.05, 0) is 25.5 Å². The van der Waals surface area contributed by atoms with E-state index in [-0.39, 0.29) is 5.89 Å². The number of rotatable bonds is 3. The second-order valence-corrected chi connectivity index (χ2v) is 5.04. The molecule has 0 fully saturated rings. The van der Waals surface area contributed by atoms with Crippen molar-refractivity contribution in [1.29, 1.82) is 0 Å². The molecule has 0 unspecified atom stereocenters. The second-order valence-electron chi connectivity index (χ2n) is 4.19. The van der Waals surface area contributed by atoms with Gasteiger partial charge in [0.15, 0.2) is 0 Å². The first-order chi connectivity index (χ1) is 8.49. The molecule has 5 nitrogen and oxygen atoms in total. The quantitative estimate of drug-likeness (QED) is 0.907. The molecule has 0 bridgehead atoms. The summed E-state index contributed by atoms with van der Waals surface area (Å²) in [5.74, 6) is 0.693. The summed E-state index contributed by atoms with van der Waals surface area (Å²) in [6.07, 6.45) is -0.733. The summed E-state index contributed by atoms with van der Waals surface area (Å²) in [5, 5.41) is 13.2. The Balaban J connectivity index is 2.32. The fourth-order valence-corrected chi connectivity index (χ4v) is 1.80. The average Bonchev–Trinajstić information content (AvgIpc) is 2.81. The van der Waals surface area contributed by atoms with Crippen molar-refractivity contribution >= 4 is 15.9 Å². The molecule has 1 aromatic carbocycles. The Kier molecular flexibility index (Phi) is 3.79. The number of nitrogens with two attached hydrogens (primary N) is 1. The normalized spacial score (nSPS) is 14.5. The van der Waals surface area contributed by atoms with Crippen LogP contribution in [0.2, 0.25) is 0 Å². The van der Waals surface area contributed by atoms with E-state index in [0.29, 0.717) is 5.82 Å². The largest absolute Gasteiger partial charge is 0.391 e. The molecule has 3 N–H and O–H groups in total. The molecule has 0 radical (unpaired) electrons. The number of halogens is 1. The lowest BCUT2D eigenvalue weighted by Gasteiger charge is -2.08. The average molecular weight is 312 g/mol. The van der Waals surface area contributed by atoms with Crippen LogP contribution in [0.3, 0.4) is 0 Å². The molecule has 2 aromatic rings. The fourth-order valence-electron chi connectivity index (χ4n) is 1.43. The number of hydrogen-bond acceptors (Lipinski definition) is 5. The van der Waals surface area contributed by atoms with E-state index in [1.807, 2.05) is 25.1 Å². The topological polar surface area (TPSA) is 85.2 Å². The maximum Gasteiger partial charge on any atom is 0.246 e. The number of aliphatic hydroxyl groups is 1. The molecule has 0 aliphatic heterocycles. The minimum atomic E-state index is -0.733. The molecule has 2 rings (SSSR count). The third-order valence-electron chi connectivity index (χ3n) is 2.68. The Labute approximate surface area is 113 Å². The monoisotopic (exact) mass is 311 g/mol. The van der Waals surface area contributed by atoms with Gasteiger partial charge in [0, 0.05) is 10.0 Å². The summed E-state index contributed by atoms with van der Waals surface area (Å²) in [7, 11) is 0. The van der Waals surface area contributed by atoms with Crippen molar-refractivity contribution in [3.8, 4) is 11.4 Å². The predicted octanol–water partition coefficient (Wildman–Crippen LogP) is 2.19. The van der Waals surface area contributed by atoms with Gasteiger partial charge in [0.25, 0.3) is 0 Å². The van der Waals surface area contributed by atoms with Crippen LogP contribution in [0.4, 0.5) is 0 Å². The van der Waals surface area contributed by atoms with Crippen molar-refractivity contribution in [2.45, 2.75) is 26.0 Å². The standard InChI is InChI=1S/C12H14BrN3O2/c1-6-3-4-8(5-9(6)13)11-15-12(18-16-11)10(14)7(2)17/h3-5,7,10,17H,14H2,1-2H3/t7-,10+/m1/s1. The minimum absolute atomic E-state index is 0.233. The van der Waals surface area contributed by atoms with E-state index < -0.39 is 12.1 Å². The maximum absolute atomic E-state index is 9.37. The predicted molar refractivity (Wildman–Crippen MR) is 70.8 cm³/mol. The molecular weight excluding hydrogens is 298 g/mol. The zero-order valence-corrected chi connectivity index (χ0v) is 11.7. The molecule has 1 heterocycles.